The highest BCUT2D eigenvalue weighted by Gasteiger charge is 2.11. The van der Waals surface area contributed by atoms with Crippen molar-refractivity contribution in [2.75, 3.05) is 0 Å². The molecular weight excluding hydrogens is 276 g/mol. The molecular formula is C17H18N4O. The van der Waals surface area contributed by atoms with E-state index in [0.717, 1.165) is 17.0 Å². The summed E-state index contributed by atoms with van der Waals surface area (Å²) in [6.45, 7) is 6.35. The average Bonchev–Trinajstić information content (AvgIpc) is 2.87. The van der Waals surface area contributed by atoms with Gasteiger partial charge in [0.15, 0.2) is 5.65 Å². The van der Waals surface area contributed by atoms with Gasteiger partial charge in [-0.15, -0.1) is 0 Å². The van der Waals surface area contributed by atoms with Crippen LogP contribution in [0.15, 0.2) is 36.4 Å². The van der Waals surface area contributed by atoms with Gasteiger partial charge in [-0.1, -0.05) is 29.8 Å². The maximum absolute atomic E-state index is 12.3. The van der Waals surface area contributed by atoms with Crippen LogP contribution in [-0.2, 0) is 6.54 Å². The number of amides is 1. The predicted octanol–water partition coefficient (Wildman–Crippen LogP) is 2.58. The molecule has 22 heavy (non-hydrogen) atoms. The SMILES string of the molecule is Cc1ccc(CNC(=O)c2cc(C)n3nc(C)cc3n2)cc1. The lowest BCUT2D eigenvalue weighted by Crippen LogP contribution is -2.24. The molecule has 3 rings (SSSR count). The van der Waals surface area contributed by atoms with Gasteiger partial charge in [0.05, 0.1) is 5.69 Å². The Bertz CT molecular complexity index is 834. The molecule has 1 N–H and O–H groups in total. The van der Waals surface area contributed by atoms with E-state index in [0.29, 0.717) is 17.9 Å². The lowest BCUT2D eigenvalue weighted by molar-refractivity contribution is 0.0946. The van der Waals surface area contributed by atoms with Crippen LogP contribution in [-0.4, -0.2) is 20.5 Å². The van der Waals surface area contributed by atoms with Gasteiger partial charge in [-0.05, 0) is 32.4 Å². The number of hydrogen-bond donors (Lipinski definition) is 1. The molecule has 0 saturated carbocycles. The van der Waals surface area contributed by atoms with E-state index in [4.69, 9.17) is 0 Å². The standard InChI is InChI=1S/C17H18N4O/c1-11-4-6-14(7-5-11)10-18-17(22)15-9-13(3)21-16(19-15)8-12(2)20-21/h4-9H,10H2,1-3H3,(H,18,22). The molecule has 0 radical (unpaired) electrons. The van der Waals surface area contributed by atoms with E-state index >= 15 is 0 Å². The van der Waals surface area contributed by atoms with Crippen LogP contribution in [0.5, 0.6) is 0 Å². The molecule has 3 aromatic rings. The number of nitrogens with one attached hydrogen (secondary N) is 1. The first-order valence-electron chi connectivity index (χ1n) is 7.21. The zero-order valence-electron chi connectivity index (χ0n) is 12.9. The third-order valence-electron chi connectivity index (χ3n) is 3.53. The number of aromatic nitrogens is 3. The van der Waals surface area contributed by atoms with Crippen LogP contribution in [0.4, 0.5) is 0 Å². The monoisotopic (exact) mass is 294 g/mol. The van der Waals surface area contributed by atoms with Crippen LogP contribution in [0.3, 0.4) is 0 Å². The van der Waals surface area contributed by atoms with E-state index in [1.54, 1.807) is 10.6 Å². The number of hydrogen-bond acceptors (Lipinski definition) is 3. The number of aryl methyl sites for hydroxylation is 3. The fourth-order valence-electron chi connectivity index (χ4n) is 2.33. The average molecular weight is 294 g/mol. The number of carbonyl (C=O) groups excluding carboxylic acids is 1. The summed E-state index contributed by atoms with van der Waals surface area (Å²) in [7, 11) is 0. The third kappa shape index (κ3) is 2.83. The maximum Gasteiger partial charge on any atom is 0.270 e. The summed E-state index contributed by atoms with van der Waals surface area (Å²) in [6.07, 6.45) is 0. The molecule has 0 spiro atoms. The number of fused-ring (bicyclic) bond motifs is 1. The van der Waals surface area contributed by atoms with Crippen LogP contribution in [0.1, 0.15) is 33.0 Å². The van der Waals surface area contributed by atoms with Crippen molar-refractivity contribution < 1.29 is 4.79 Å². The van der Waals surface area contributed by atoms with E-state index in [-0.39, 0.29) is 5.91 Å². The molecule has 0 aliphatic carbocycles. The summed E-state index contributed by atoms with van der Waals surface area (Å²) >= 11 is 0. The van der Waals surface area contributed by atoms with Crippen molar-refractivity contribution in [3.63, 3.8) is 0 Å². The van der Waals surface area contributed by atoms with Crippen LogP contribution in [0.25, 0.3) is 5.65 Å². The van der Waals surface area contributed by atoms with Crippen LogP contribution < -0.4 is 5.32 Å². The molecule has 0 bridgehead atoms. The van der Waals surface area contributed by atoms with Crippen LogP contribution in [0.2, 0.25) is 0 Å². The van der Waals surface area contributed by atoms with E-state index in [2.05, 4.69) is 15.4 Å². The number of nitrogens with zero attached hydrogens (tertiary/aromatic N) is 3. The van der Waals surface area contributed by atoms with E-state index < -0.39 is 0 Å². The highest BCUT2D eigenvalue weighted by molar-refractivity contribution is 5.92. The second kappa shape index (κ2) is 5.60. The summed E-state index contributed by atoms with van der Waals surface area (Å²) < 4.78 is 1.74. The van der Waals surface area contributed by atoms with Gasteiger partial charge < -0.3 is 5.32 Å². The van der Waals surface area contributed by atoms with Gasteiger partial charge in [-0.2, -0.15) is 5.10 Å². The summed E-state index contributed by atoms with van der Waals surface area (Å²) in [4.78, 5) is 16.7. The fourth-order valence-corrected chi connectivity index (χ4v) is 2.33. The van der Waals surface area contributed by atoms with Gasteiger partial charge in [-0.3, -0.25) is 4.79 Å². The smallest absolute Gasteiger partial charge is 0.270 e. The number of rotatable bonds is 3. The highest BCUT2D eigenvalue weighted by atomic mass is 16.1. The molecule has 1 aromatic carbocycles. The molecule has 5 nitrogen and oxygen atoms in total. The Labute approximate surface area is 129 Å². The first kappa shape index (κ1) is 14.3. The number of benzene rings is 1. The third-order valence-corrected chi connectivity index (χ3v) is 3.53. The highest BCUT2D eigenvalue weighted by Crippen LogP contribution is 2.09. The first-order valence-corrected chi connectivity index (χ1v) is 7.21. The summed E-state index contributed by atoms with van der Waals surface area (Å²) in [5, 5.41) is 7.24. The quantitative estimate of drug-likeness (QED) is 0.807. The van der Waals surface area contributed by atoms with Crippen molar-refractivity contribution in [1.82, 2.24) is 19.9 Å². The van der Waals surface area contributed by atoms with Gasteiger partial charge in [0, 0.05) is 18.3 Å². The Hall–Kier alpha value is -2.69. The molecule has 1 amide bonds. The van der Waals surface area contributed by atoms with Crippen molar-refractivity contribution in [3.05, 3.63) is 64.6 Å². The summed E-state index contributed by atoms with van der Waals surface area (Å²) in [5.74, 6) is -0.176. The Morgan fingerprint density at radius 1 is 1.14 bits per heavy atom. The lowest BCUT2D eigenvalue weighted by atomic mass is 10.1. The molecule has 0 fully saturated rings. The van der Waals surface area contributed by atoms with Crippen molar-refractivity contribution in [2.45, 2.75) is 27.3 Å². The first-order chi connectivity index (χ1) is 10.5. The van der Waals surface area contributed by atoms with Gasteiger partial charge >= 0.3 is 0 Å². The Morgan fingerprint density at radius 3 is 2.59 bits per heavy atom. The fraction of sp³-hybridized carbons (Fsp3) is 0.235. The van der Waals surface area contributed by atoms with Crippen molar-refractivity contribution in [2.24, 2.45) is 0 Å². The van der Waals surface area contributed by atoms with Gasteiger partial charge in [0.2, 0.25) is 0 Å². The molecule has 112 valence electrons. The largest absolute Gasteiger partial charge is 0.347 e. The molecule has 0 unspecified atom stereocenters. The Balaban J connectivity index is 1.78. The molecule has 0 aliphatic heterocycles. The molecule has 0 saturated heterocycles. The molecule has 0 aliphatic rings. The van der Waals surface area contributed by atoms with Crippen LogP contribution in [0, 0.1) is 20.8 Å². The van der Waals surface area contributed by atoms with Gasteiger partial charge in [0.25, 0.3) is 5.91 Å². The van der Waals surface area contributed by atoms with E-state index in [9.17, 15) is 4.79 Å². The topological polar surface area (TPSA) is 59.3 Å². The zero-order valence-corrected chi connectivity index (χ0v) is 12.9. The van der Waals surface area contributed by atoms with Gasteiger partial charge in [-0.25, -0.2) is 9.50 Å². The summed E-state index contributed by atoms with van der Waals surface area (Å²) in [6, 6.07) is 11.7. The van der Waals surface area contributed by atoms with Crippen LogP contribution >= 0.6 is 0 Å². The molecule has 2 aromatic heterocycles. The minimum absolute atomic E-state index is 0.176. The summed E-state index contributed by atoms with van der Waals surface area (Å²) in [5.41, 5.74) is 5.15. The van der Waals surface area contributed by atoms with Gasteiger partial charge in [0.1, 0.15) is 5.69 Å². The molecule has 2 heterocycles. The minimum Gasteiger partial charge on any atom is -0.347 e. The van der Waals surface area contributed by atoms with E-state index in [1.807, 2.05) is 51.1 Å². The van der Waals surface area contributed by atoms with E-state index in [1.165, 1.54) is 5.56 Å². The Morgan fingerprint density at radius 2 is 1.86 bits per heavy atom. The van der Waals surface area contributed by atoms with Crippen molar-refractivity contribution in [3.8, 4) is 0 Å². The molecule has 0 atom stereocenters. The van der Waals surface area contributed by atoms with Crippen molar-refractivity contribution >= 4 is 11.6 Å². The molecule has 5 heteroatoms. The second-order valence-electron chi connectivity index (χ2n) is 5.51. The predicted molar refractivity (Wildman–Crippen MR) is 84.8 cm³/mol. The minimum atomic E-state index is -0.176. The zero-order chi connectivity index (χ0) is 15.7. The lowest BCUT2D eigenvalue weighted by Gasteiger charge is -2.07. The second-order valence-corrected chi connectivity index (χ2v) is 5.51. The Kier molecular flexibility index (Phi) is 3.63. The maximum atomic E-state index is 12.3. The van der Waals surface area contributed by atoms with Crippen molar-refractivity contribution in [1.29, 1.82) is 0 Å². The number of carbonyl (C=O) groups is 1. The normalized spacial score (nSPS) is 10.9.